The van der Waals surface area contributed by atoms with Crippen LogP contribution in [0.1, 0.15) is 37.3 Å². The van der Waals surface area contributed by atoms with Crippen molar-refractivity contribution >= 4 is 11.9 Å². The quantitative estimate of drug-likeness (QED) is 0.840. The van der Waals surface area contributed by atoms with Gasteiger partial charge in [0.05, 0.1) is 12.5 Å². The van der Waals surface area contributed by atoms with Crippen LogP contribution in [-0.2, 0) is 9.59 Å². The number of halogens is 3. The molecule has 126 valence electrons. The largest absolute Gasteiger partial charge is 0.573 e. The number of nitrogens with one attached hydrogen (secondary N) is 1. The van der Waals surface area contributed by atoms with Crippen LogP contribution < -0.4 is 10.1 Å². The summed E-state index contributed by atoms with van der Waals surface area (Å²) in [5, 5.41) is 11.6. The second kappa shape index (κ2) is 6.89. The van der Waals surface area contributed by atoms with Crippen molar-refractivity contribution in [2.75, 3.05) is 0 Å². The highest BCUT2D eigenvalue weighted by atomic mass is 19.4. The number of amides is 1. The number of aliphatic carboxylic acids is 1. The number of carboxylic acids is 1. The molecule has 1 aromatic carbocycles. The van der Waals surface area contributed by atoms with Gasteiger partial charge in [-0.05, 0) is 30.5 Å². The first-order valence-electron chi connectivity index (χ1n) is 7.12. The molecule has 1 aliphatic carbocycles. The van der Waals surface area contributed by atoms with Gasteiger partial charge in [-0.3, -0.25) is 9.59 Å². The number of benzene rings is 1. The molecule has 1 atom stereocenters. The predicted molar refractivity (Wildman–Crippen MR) is 73.6 cm³/mol. The standard InChI is InChI=1S/C15H16F3NO4/c16-15(17,18)23-11-6-4-9(5-7-11)12(8-13(20)21)19-14(22)10-2-1-3-10/h4-7,10,12H,1-3,8H2,(H,19,22)(H,20,21). The Labute approximate surface area is 130 Å². The summed E-state index contributed by atoms with van der Waals surface area (Å²) in [6.07, 6.45) is -2.64. The number of carboxylic acid groups (broad SMARTS) is 1. The number of alkyl halides is 3. The Balaban J connectivity index is 2.08. The van der Waals surface area contributed by atoms with E-state index in [1.807, 2.05) is 0 Å². The van der Waals surface area contributed by atoms with Gasteiger partial charge in [0.15, 0.2) is 0 Å². The van der Waals surface area contributed by atoms with Gasteiger partial charge in [0, 0.05) is 5.92 Å². The minimum atomic E-state index is -4.79. The van der Waals surface area contributed by atoms with Crippen molar-refractivity contribution < 1.29 is 32.6 Å². The number of hydrogen-bond donors (Lipinski definition) is 2. The van der Waals surface area contributed by atoms with Crippen molar-refractivity contribution in [1.29, 1.82) is 0 Å². The lowest BCUT2D eigenvalue weighted by atomic mass is 9.84. The molecule has 0 bridgehead atoms. The average Bonchev–Trinajstić information content (AvgIpc) is 2.34. The van der Waals surface area contributed by atoms with E-state index >= 15 is 0 Å². The molecule has 1 aliphatic rings. The Bertz CT molecular complexity index is 567. The zero-order valence-corrected chi connectivity index (χ0v) is 12.1. The van der Waals surface area contributed by atoms with Crippen molar-refractivity contribution in [1.82, 2.24) is 5.32 Å². The Hall–Kier alpha value is -2.25. The fourth-order valence-corrected chi connectivity index (χ4v) is 2.29. The van der Waals surface area contributed by atoms with Gasteiger partial charge in [-0.2, -0.15) is 0 Å². The van der Waals surface area contributed by atoms with Crippen LogP contribution in [0.5, 0.6) is 5.75 Å². The summed E-state index contributed by atoms with van der Waals surface area (Å²) in [5.41, 5.74) is 0.412. The van der Waals surface area contributed by atoms with E-state index in [9.17, 15) is 22.8 Å². The molecule has 2 N–H and O–H groups in total. The van der Waals surface area contributed by atoms with Crippen LogP contribution in [0.2, 0.25) is 0 Å². The molecule has 1 fully saturated rings. The van der Waals surface area contributed by atoms with Gasteiger partial charge in [0.2, 0.25) is 5.91 Å². The monoisotopic (exact) mass is 331 g/mol. The predicted octanol–water partition coefficient (Wildman–Crippen LogP) is 3.02. The summed E-state index contributed by atoms with van der Waals surface area (Å²) >= 11 is 0. The molecule has 1 aromatic rings. The summed E-state index contributed by atoms with van der Waals surface area (Å²) in [6.45, 7) is 0. The van der Waals surface area contributed by atoms with Gasteiger partial charge in [0.1, 0.15) is 5.75 Å². The third kappa shape index (κ3) is 5.15. The Morgan fingerprint density at radius 2 is 1.87 bits per heavy atom. The Kier molecular flexibility index (Phi) is 5.12. The van der Waals surface area contributed by atoms with Gasteiger partial charge in [-0.25, -0.2) is 0 Å². The first kappa shape index (κ1) is 17.1. The lowest BCUT2D eigenvalue weighted by molar-refractivity contribution is -0.274. The summed E-state index contributed by atoms with van der Waals surface area (Å²) in [7, 11) is 0. The lowest BCUT2D eigenvalue weighted by Gasteiger charge is -2.27. The fourth-order valence-electron chi connectivity index (χ4n) is 2.29. The zero-order valence-electron chi connectivity index (χ0n) is 12.1. The summed E-state index contributed by atoms with van der Waals surface area (Å²) in [4.78, 5) is 22.9. The third-order valence-electron chi connectivity index (χ3n) is 3.69. The molecular weight excluding hydrogens is 315 g/mol. The molecule has 0 radical (unpaired) electrons. The van der Waals surface area contributed by atoms with E-state index in [0.717, 1.165) is 31.4 Å². The number of carbonyl (C=O) groups excluding carboxylic acids is 1. The van der Waals surface area contributed by atoms with E-state index < -0.39 is 24.1 Å². The second-order valence-electron chi connectivity index (χ2n) is 5.40. The summed E-state index contributed by atoms with van der Waals surface area (Å²) in [6, 6.07) is 4.02. The van der Waals surface area contributed by atoms with Crippen molar-refractivity contribution in [2.45, 2.75) is 38.1 Å². The first-order valence-corrected chi connectivity index (χ1v) is 7.12. The van der Waals surface area contributed by atoms with E-state index in [1.54, 1.807) is 0 Å². The van der Waals surface area contributed by atoms with Gasteiger partial charge >= 0.3 is 12.3 Å². The molecule has 0 aromatic heterocycles. The van der Waals surface area contributed by atoms with Crippen molar-refractivity contribution in [2.24, 2.45) is 5.92 Å². The van der Waals surface area contributed by atoms with Crippen LogP contribution in [0.25, 0.3) is 0 Å². The highest BCUT2D eigenvalue weighted by Gasteiger charge is 2.31. The number of hydrogen-bond acceptors (Lipinski definition) is 3. The molecule has 5 nitrogen and oxygen atoms in total. The topological polar surface area (TPSA) is 75.6 Å². The molecule has 1 unspecified atom stereocenters. The number of rotatable bonds is 6. The zero-order chi connectivity index (χ0) is 17.0. The highest BCUT2D eigenvalue weighted by Crippen LogP contribution is 2.29. The average molecular weight is 331 g/mol. The number of carbonyl (C=O) groups is 2. The number of ether oxygens (including phenoxy) is 1. The summed E-state index contributed by atoms with van der Waals surface area (Å²) < 4.78 is 40.1. The van der Waals surface area contributed by atoms with E-state index in [0.29, 0.717) is 5.56 Å². The Morgan fingerprint density at radius 3 is 2.30 bits per heavy atom. The van der Waals surface area contributed by atoms with E-state index in [-0.39, 0.29) is 18.2 Å². The van der Waals surface area contributed by atoms with E-state index in [1.165, 1.54) is 12.1 Å². The second-order valence-corrected chi connectivity index (χ2v) is 5.40. The van der Waals surface area contributed by atoms with Gasteiger partial charge < -0.3 is 15.2 Å². The van der Waals surface area contributed by atoms with Crippen LogP contribution >= 0.6 is 0 Å². The molecule has 0 heterocycles. The van der Waals surface area contributed by atoms with Crippen LogP contribution in [0.15, 0.2) is 24.3 Å². The first-order chi connectivity index (χ1) is 10.7. The molecule has 1 saturated carbocycles. The molecule has 23 heavy (non-hydrogen) atoms. The smallest absolute Gasteiger partial charge is 0.481 e. The molecule has 2 rings (SSSR count). The van der Waals surface area contributed by atoms with E-state index in [2.05, 4.69) is 10.1 Å². The van der Waals surface area contributed by atoms with Crippen LogP contribution in [0, 0.1) is 5.92 Å². The maximum atomic E-state index is 12.1. The van der Waals surface area contributed by atoms with E-state index in [4.69, 9.17) is 5.11 Å². The fraction of sp³-hybridized carbons (Fsp3) is 0.467. The molecular formula is C15H16F3NO4. The molecule has 0 spiro atoms. The molecule has 0 saturated heterocycles. The minimum absolute atomic E-state index is 0.112. The van der Waals surface area contributed by atoms with Crippen LogP contribution in [0.3, 0.4) is 0 Å². The normalized spacial score (nSPS) is 16.3. The SMILES string of the molecule is O=C(O)CC(NC(=O)C1CCC1)c1ccc(OC(F)(F)F)cc1. The molecule has 1 amide bonds. The highest BCUT2D eigenvalue weighted by molar-refractivity contribution is 5.80. The van der Waals surface area contributed by atoms with Crippen LogP contribution in [0.4, 0.5) is 13.2 Å². The molecule has 0 aliphatic heterocycles. The van der Waals surface area contributed by atoms with Crippen molar-refractivity contribution in [3.63, 3.8) is 0 Å². The van der Waals surface area contributed by atoms with Gasteiger partial charge in [0.25, 0.3) is 0 Å². The maximum absolute atomic E-state index is 12.1. The Morgan fingerprint density at radius 1 is 1.26 bits per heavy atom. The van der Waals surface area contributed by atoms with Crippen molar-refractivity contribution in [3.05, 3.63) is 29.8 Å². The van der Waals surface area contributed by atoms with Crippen molar-refractivity contribution in [3.8, 4) is 5.75 Å². The van der Waals surface area contributed by atoms with Crippen LogP contribution in [-0.4, -0.2) is 23.3 Å². The van der Waals surface area contributed by atoms with Gasteiger partial charge in [-0.15, -0.1) is 13.2 Å². The summed E-state index contributed by atoms with van der Waals surface area (Å²) in [5.74, 6) is -1.85. The molecule has 8 heteroatoms. The minimum Gasteiger partial charge on any atom is -0.481 e. The third-order valence-corrected chi connectivity index (χ3v) is 3.69. The lowest BCUT2D eigenvalue weighted by Crippen LogP contribution is -2.37. The van der Waals surface area contributed by atoms with Gasteiger partial charge in [-0.1, -0.05) is 18.6 Å². The maximum Gasteiger partial charge on any atom is 0.573 e.